The summed E-state index contributed by atoms with van der Waals surface area (Å²) in [7, 11) is 0. The van der Waals surface area contributed by atoms with Crippen molar-refractivity contribution in [2.45, 2.75) is 0 Å². The van der Waals surface area contributed by atoms with Crippen LogP contribution in [0.2, 0.25) is 5.02 Å². The van der Waals surface area contributed by atoms with Crippen LogP contribution in [0.5, 0.6) is 0 Å². The van der Waals surface area contributed by atoms with Gasteiger partial charge in [0.1, 0.15) is 0 Å². The zero-order valence-electron chi connectivity index (χ0n) is 10.1. The Kier molecular flexibility index (Phi) is 4.61. The minimum Gasteiger partial charge on any atom is -0.478 e. The Bertz CT molecular complexity index is 688. The van der Waals surface area contributed by atoms with E-state index in [1.165, 1.54) is 18.2 Å². The van der Waals surface area contributed by atoms with Gasteiger partial charge in [-0.05, 0) is 52.9 Å². The molecule has 0 spiro atoms. The van der Waals surface area contributed by atoms with Gasteiger partial charge < -0.3 is 10.4 Å². The largest absolute Gasteiger partial charge is 0.478 e. The highest BCUT2D eigenvalue weighted by Crippen LogP contribution is 2.24. The zero-order valence-corrected chi connectivity index (χ0v) is 13.0. The van der Waals surface area contributed by atoms with Crippen molar-refractivity contribution >= 4 is 51.8 Å². The molecule has 2 rings (SSSR count). The van der Waals surface area contributed by atoms with E-state index in [0.717, 1.165) is 3.57 Å². The van der Waals surface area contributed by atoms with Crippen LogP contribution in [0.25, 0.3) is 0 Å². The first kappa shape index (κ1) is 14.8. The molecule has 0 saturated carbocycles. The fourth-order valence-electron chi connectivity index (χ4n) is 1.59. The van der Waals surface area contributed by atoms with Gasteiger partial charge in [0.05, 0.1) is 21.8 Å². The molecule has 0 radical (unpaired) electrons. The number of carboxylic acids is 1. The molecular formula is C14H9ClINO3. The van der Waals surface area contributed by atoms with Crippen LogP contribution in [0.15, 0.2) is 42.5 Å². The first-order valence-electron chi connectivity index (χ1n) is 5.58. The number of carbonyl (C=O) groups excluding carboxylic acids is 1. The van der Waals surface area contributed by atoms with E-state index < -0.39 is 5.97 Å². The molecule has 102 valence electrons. The van der Waals surface area contributed by atoms with Crippen molar-refractivity contribution in [1.29, 1.82) is 0 Å². The molecule has 0 heterocycles. The van der Waals surface area contributed by atoms with Crippen LogP contribution in [0.4, 0.5) is 5.69 Å². The number of hydrogen-bond acceptors (Lipinski definition) is 2. The minimum atomic E-state index is -1.08. The van der Waals surface area contributed by atoms with E-state index in [0.29, 0.717) is 5.56 Å². The lowest BCUT2D eigenvalue weighted by Gasteiger charge is -2.09. The maximum atomic E-state index is 12.1. The number of halogens is 2. The summed E-state index contributed by atoms with van der Waals surface area (Å²) in [6, 6.07) is 11.2. The smallest absolute Gasteiger partial charge is 0.335 e. The van der Waals surface area contributed by atoms with Crippen LogP contribution in [0.1, 0.15) is 20.7 Å². The van der Waals surface area contributed by atoms with Crippen molar-refractivity contribution in [3.05, 3.63) is 62.2 Å². The first-order chi connectivity index (χ1) is 9.49. The second-order valence-electron chi connectivity index (χ2n) is 3.93. The maximum absolute atomic E-state index is 12.1. The Hall–Kier alpha value is -1.60. The summed E-state index contributed by atoms with van der Waals surface area (Å²) in [5.41, 5.74) is 0.841. The Labute approximate surface area is 133 Å². The van der Waals surface area contributed by atoms with Crippen molar-refractivity contribution in [3.8, 4) is 0 Å². The minimum absolute atomic E-state index is 0.0625. The number of hydrogen-bond donors (Lipinski definition) is 2. The molecule has 6 heteroatoms. The normalized spacial score (nSPS) is 10.1. The molecule has 2 N–H and O–H groups in total. The van der Waals surface area contributed by atoms with Crippen LogP contribution in [0, 0.1) is 3.57 Å². The van der Waals surface area contributed by atoms with Crippen molar-refractivity contribution in [3.63, 3.8) is 0 Å². The van der Waals surface area contributed by atoms with Crippen LogP contribution in [-0.4, -0.2) is 17.0 Å². The van der Waals surface area contributed by atoms with Crippen molar-refractivity contribution in [2.24, 2.45) is 0 Å². The molecule has 1 amide bonds. The second-order valence-corrected chi connectivity index (χ2v) is 5.50. The van der Waals surface area contributed by atoms with Gasteiger partial charge in [-0.25, -0.2) is 4.79 Å². The molecule has 2 aromatic rings. The molecule has 20 heavy (non-hydrogen) atoms. The fraction of sp³-hybridized carbons (Fsp3) is 0. The van der Waals surface area contributed by atoms with Crippen LogP contribution < -0.4 is 5.32 Å². The van der Waals surface area contributed by atoms with Crippen molar-refractivity contribution in [2.75, 3.05) is 5.32 Å². The van der Waals surface area contributed by atoms with Crippen molar-refractivity contribution < 1.29 is 14.7 Å². The molecule has 0 aliphatic carbocycles. The summed E-state index contributed by atoms with van der Waals surface area (Å²) in [5.74, 6) is -1.41. The number of nitrogens with one attached hydrogen (secondary N) is 1. The molecular weight excluding hydrogens is 393 g/mol. The molecule has 0 aliphatic rings. The van der Waals surface area contributed by atoms with E-state index in [4.69, 9.17) is 16.7 Å². The molecule has 0 aliphatic heterocycles. The highest BCUT2D eigenvalue weighted by atomic mass is 127. The summed E-state index contributed by atoms with van der Waals surface area (Å²) in [5, 5.41) is 11.8. The molecule has 4 nitrogen and oxygen atoms in total. The predicted octanol–water partition coefficient (Wildman–Crippen LogP) is 3.90. The fourth-order valence-corrected chi connectivity index (χ4v) is 2.39. The quantitative estimate of drug-likeness (QED) is 0.767. The van der Waals surface area contributed by atoms with E-state index >= 15 is 0 Å². The monoisotopic (exact) mass is 401 g/mol. The Morgan fingerprint density at radius 3 is 2.50 bits per heavy atom. The lowest BCUT2D eigenvalue weighted by Crippen LogP contribution is -2.14. The average molecular weight is 402 g/mol. The predicted molar refractivity (Wildman–Crippen MR) is 85.5 cm³/mol. The first-order valence-corrected chi connectivity index (χ1v) is 7.03. The third-order valence-electron chi connectivity index (χ3n) is 2.58. The third-order valence-corrected chi connectivity index (χ3v) is 3.85. The second kappa shape index (κ2) is 6.23. The Balaban J connectivity index is 2.30. The third kappa shape index (κ3) is 3.29. The summed E-state index contributed by atoms with van der Waals surface area (Å²) in [6.45, 7) is 0. The van der Waals surface area contributed by atoms with E-state index in [2.05, 4.69) is 27.9 Å². The zero-order chi connectivity index (χ0) is 14.7. The lowest BCUT2D eigenvalue weighted by atomic mass is 10.1. The van der Waals surface area contributed by atoms with E-state index in [-0.39, 0.29) is 22.2 Å². The van der Waals surface area contributed by atoms with Gasteiger partial charge in [0.15, 0.2) is 0 Å². The lowest BCUT2D eigenvalue weighted by molar-refractivity contribution is 0.0696. The number of carbonyl (C=O) groups is 2. The SMILES string of the molecule is O=C(O)c1ccc(Cl)c(NC(=O)c2ccccc2I)c1. The average Bonchev–Trinajstić information content (AvgIpc) is 2.41. The van der Waals surface area contributed by atoms with Gasteiger partial charge in [0.2, 0.25) is 0 Å². The molecule has 0 bridgehead atoms. The Morgan fingerprint density at radius 1 is 1.15 bits per heavy atom. The summed E-state index contributed by atoms with van der Waals surface area (Å²) in [4.78, 5) is 23.1. The molecule has 0 fully saturated rings. The molecule has 0 aromatic heterocycles. The molecule has 0 unspecified atom stereocenters. The number of anilines is 1. The van der Waals surface area contributed by atoms with Crippen molar-refractivity contribution in [1.82, 2.24) is 0 Å². The standard InChI is InChI=1S/C14H9ClINO3/c15-10-6-5-8(14(19)20)7-12(10)17-13(18)9-3-1-2-4-11(9)16/h1-7H,(H,17,18)(H,19,20). The van der Waals surface area contributed by atoms with Gasteiger partial charge in [-0.15, -0.1) is 0 Å². The van der Waals surface area contributed by atoms with Gasteiger partial charge in [-0.1, -0.05) is 23.7 Å². The number of aromatic carboxylic acids is 1. The number of benzene rings is 2. The Morgan fingerprint density at radius 2 is 1.85 bits per heavy atom. The summed E-state index contributed by atoms with van der Waals surface area (Å²) >= 11 is 8.02. The van der Waals surface area contributed by atoms with E-state index in [9.17, 15) is 9.59 Å². The van der Waals surface area contributed by atoms with Gasteiger partial charge in [-0.3, -0.25) is 4.79 Å². The van der Waals surface area contributed by atoms with Gasteiger partial charge in [0.25, 0.3) is 5.91 Å². The summed E-state index contributed by atoms with van der Waals surface area (Å²) in [6.07, 6.45) is 0. The van der Waals surface area contributed by atoms with Crippen LogP contribution in [-0.2, 0) is 0 Å². The van der Waals surface area contributed by atoms with Gasteiger partial charge in [0, 0.05) is 3.57 Å². The molecule has 0 atom stereocenters. The maximum Gasteiger partial charge on any atom is 0.335 e. The summed E-state index contributed by atoms with van der Waals surface area (Å²) < 4.78 is 0.799. The van der Waals surface area contributed by atoms with Crippen LogP contribution >= 0.6 is 34.2 Å². The molecule has 0 saturated heterocycles. The topological polar surface area (TPSA) is 66.4 Å². The number of rotatable bonds is 3. The van der Waals surface area contributed by atoms with Crippen LogP contribution in [0.3, 0.4) is 0 Å². The number of carboxylic acid groups (broad SMARTS) is 1. The highest BCUT2D eigenvalue weighted by molar-refractivity contribution is 14.1. The highest BCUT2D eigenvalue weighted by Gasteiger charge is 2.13. The molecule has 2 aromatic carbocycles. The van der Waals surface area contributed by atoms with Gasteiger partial charge >= 0.3 is 5.97 Å². The van der Waals surface area contributed by atoms with E-state index in [1.807, 2.05) is 12.1 Å². The van der Waals surface area contributed by atoms with Gasteiger partial charge in [-0.2, -0.15) is 0 Å². The van der Waals surface area contributed by atoms with E-state index in [1.54, 1.807) is 12.1 Å². The number of amides is 1.